The van der Waals surface area contributed by atoms with Crippen LogP contribution in [0.3, 0.4) is 0 Å². The third kappa shape index (κ3) is 5.69. The summed E-state index contributed by atoms with van der Waals surface area (Å²) >= 11 is 0. The van der Waals surface area contributed by atoms with Gasteiger partial charge in [0.2, 0.25) is 10.0 Å². The first kappa shape index (κ1) is 20.6. The van der Waals surface area contributed by atoms with E-state index < -0.39 is 15.8 Å². The summed E-state index contributed by atoms with van der Waals surface area (Å²) in [6, 6.07) is 10.8. The topological polar surface area (TPSA) is 109 Å². The summed E-state index contributed by atoms with van der Waals surface area (Å²) in [5.41, 5.74) is 1.41. The SMILES string of the molecule is Cc1ccc(Nc2ccc(NCCNS(=O)(=O)c3ccc(F)cc3C)nn2)nc1. The molecule has 0 unspecified atom stereocenters. The van der Waals surface area contributed by atoms with Gasteiger partial charge in [0.15, 0.2) is 5.82 Å². The Labute approximate surface area is 168 Å². The molecule has 0 bridgehead atoms. The van der Waals surface area contributed by atoms with Crippen LogP contribution < -0.4 is 15.4 Å². The second-order valence-electron chi connectivity index (χ2n) is 6.38. The summed E-state index contributed by atoms with van der Waals surface area (Å²) in [6.07, 6.45) is 1.75. The first-order chi connectivity index (χ1) is 13.8. The van der Waals surface area contributed by atoms with E-state index in [9.17, 15) is 12.8 Å². The molecule has 0 aliphatic rings. The van der Waals surface area contributed by atoms with Crippen LogP contribution in [0.4, 0.5) is 21.8 Å². The van der Waals surface area contributed by atoms with Gasteiger partial charge in [-0.1, -0.05) is 6.07 Å². The number of hydrogen-bond acceptors (Lipinski definition) is 7. The molecule has 0 aliphatic carbocycles. The maximum Gasteiger partial charge on any atom is 0.240 e. The lowest BCUT2D eigenvalue weighted by Gasteiger charge is -2.10. The molecule has 3 rings (SSSR count). The van der Waals surface area contributed by atoms with Gasteiger partial charge < -0.3 is 10.6 Å². The van der Waals surface area contributed by atoms with Gasteiger partial charge in [-0.05, 0) is 61.4 Å². The highest BCUT2D eigenvalue weighted by Gasteiger charge is 2.16. The smallest absolute Gasteiger partial charge is 0.240 e. The number of aryl methyl sites for hydroxylation is 2. The van der Waals surface area contributed by atoms with Crippen LogP contribution in [-0.2, 0) is 10.0 Å². The van der Waals surface area contributed by atoms with Gasteiger partial charge in [0.25, 0.3) is 0 Å². The fraction of sp³-hybridized carbons (Fsp3) is 0.211. The molecule has 0 saturated carbocycles. The number of hydrogen-bond donors (Lipinski definition) is 3. The molecule has 10 heteroatoms. The van der Waals surface area contributed by atoms with Crippen LogP contribution in [0.5, 0.6) is 0 Å². The zero-order valence-corrected chi connectivity index (χ0v) is 16.8. The Balaban J connectivity index is 1.49. The van der Waals surface area contributed by atoms with Gasteiger partial charge in [-0.25, -0.2) is 22.5 Å². The monoisotopic (exact) mass is 416 g/mol. The van der Waals surface area contributed by atoms with E-state index in [4.69, 9.17) is 0 Å². The number of anilines is 3. The molecular formula is C19H21FN6O2S. The molecule has 0 saturated heterocycles. The molecule has 0 amide bonds. The van der Waals surface area contributed by atoms with Gasteiger partial charge >= 0.3 is 0 Å². The average Bonchev–Trinajstić information content (AvgIpc) is 2.68. The number of pyridine rings is 1. The van der Waals surface area contributed by atoms with Gasteiger partial charge in [0.05, 0.1) is 4.90 Å². The number of benzene rings is 1. The second-order valence-corrected chi connectivity index (χ2v) is 8.12. The number of halogens is 1. The molecule has 3 N–H and O–H groups in total. The maximum absolute atomic E-state index is 13.2. The van der Waals surface area contributed by atoms with Crippen LogP contribution in [0.15, 0.2) is 53.6 Å². The molecule has 0 radical (unpaired) electrons. The molecule has 2 aromatic heterocycles. The third-order valence-corrected chi connectivity index (χ3v) is 5.60. The number of nitrogens with zero attached hydrogens (tertiary/aromatic N) is 3. The summed E-state index contributed by atoms with van der Waals surface area (Å²) in [6.45, 7) is 3.94. The second kappa shape index (κ2) is 8.93. The average molecular weight is 416 g/mol. The molecule has 0 fully saturated rings. The Morgan fingerprint density at radius 1 is 0.931 bits per heavy atom. The van der Waals surface area contributed by atoms with Gasteiger partial charge in [-0.3, -0.25) is 0 Å². The maximum atomic E-state index is 13.2. The van der Waals surface area contributed by atoms with E-state index in [-0.39, 0.29) is 11.4 Å². The Hall–Kier alpha value is -3.11. The molecule has 3 aromatic rings. The highest BCUT2D eigenvalue weighted by molar-refractivity contribution is 7.89. The standard InChI is InChI=1S/C19H21FN6O2S/c1-13-3-6-17(22-12-13)24-19-8-7-18(25-26-19)21-9-10-23-29(27,28)16-5-4-15(20)11-14(16)2/h3-8,11-12,23H,9-10H2,1-2H3,(H,21,25)(H,22,24,26). The van der Waals surface area contributed by atoms with Crippen molar-refractivity contribution < 1.29 is 12.8 Å². The number of rotatable bonds is 8. The summed E-state index contributed by atoms with van der Waals surface area (Å²) in [7, 11) is -3.72. The van der Waals surface area contributed by atoms with E-state index in [0.717, 1.165) is 11.6 Å². The predicted molar refractivity (Wildman–Crippen MR) is 109 cm³/mol. The fourth-order valence-electron chi connectivity index (χ4n) is 2.53. The zero-order valence-electron chi connectivity index (χ0n) is 16.0. The molecule has 29 heavy (non-hydrogen) atoms. The van der Waals surface area contributed by atoms with Crippen LogP contribution in [0.1, 0.15) is 11.1 Å². The Kier molecular flexibility index (Phi) is 6.35. The summed E-state index contributed by atoms with van der Waals surface area (Å²) in [4.78, 5) is 4.29. The van der Waals surface area contributed by atoms with E-state index >= 15 is 0 Å². The van der Waals surface area contributed by atoms with Crippen molar-refractivity contribution in [2.45, 2.75) is 18.7 Å². The van der Waals surface area contributed by atoms with E-state index in [1.54, 1.807) is 25.3 Å². The molecule has 8 nitrogen and oxygen atoms in total. The van der Waals surface area contributed by atoms with Crippen molar-refractivity contribution in [3.63, 3.8) is 0 Å². The minimum Gasteiger partial charge on any atom is -0.367 e. The highest BCUT2D eigenvalue weighted by atomic mass is 32.2. The van der Waals surface area contributed by atoms with E-state index in [2.05, 4.69) is 30.5 Å². The fourth-order valence-corrected chi connectivity index (χ4v) is 3.79. The number of aromatic nitrogens is 3. The minimum absolute atomic E-state index is 0.0545. The van der Waals surface area contributed by atoms with Crippen molar-refractivity contribution in [2.24, 2.45) is 0 Å². The lowest BCUT2D eigenvalue weighted by atomic mass is 10.2. The van der Waals surface area contributed by atoms with Crippen molar-refractivity contribution in [3.05, 3.63) is 65.6 Å². The molecule has 152 valence electrons. The third-order valence-electron chi connectivity index (χ3n) is 3.98. The van der Waals surface area contributed by atoms with Crippen LogP contribution in [0, 0.1) is 19.7 Å². The van der Waals surface area contributed by atoms with Gasteiger partial charge in [-0.15, -0.1) is 10.2 Å². The summed E-state index contributed by atoms with van der Waals surface area (Å²) in [5.74, 6) is 1.23. The predicted octanol–water partition coefficient (Wildman–Crippen LogP) is 2.76. The van der Waals surface area contributed by atoms with Gasteiger partial charge in [0.1, 0.15) is 17.5 Å². The van der Waals surface area contributed by atoms with Crippen molar-refractivity contribution in [1.29, 1.82) is 0 Å². The Morgan fingerprint density at radius 2 is 1.66 bits per heavy atom. The van der Waals surface area contributed by atoms with E-state index in [1.165, 1.54) is 12.1 Å². The first-order valence-corrected chi connectivity index (χ1v) is 10.3. The lowest BCUT2D eigenvalue weighted by molar-refractivity contribution is 0.581. The quantitative estimate of drug-likeness (QED) is 0.485. The van der Waals surface area contributed by atoms with Crippen molar-refractivity contribution >= 4 is 27.5 Å². The molecular weight excluding hydrogens is 395 g/mol. The molecule has 0 spiro atoms. The summed E-state index contributed by atoms with van der Waals surface area (Å²) < 4.78 is 40.2. The van der Waals surface area contributed by atoms with Crippen molar-refractivity contribution in [1.82, 2.24) is 19.9 Å². The lowest BCUT2D eigenvalue weighted by Crippen LogP contribution is -2.29. The summed E-state index contributed by atoms with van der Waals surface area (Å²) in [5, 5.41) is 14.1. The number of nitrogens with one attached hydrogen (secondary N) is 3. The van der Waals surface area contributed by atoms with Gasteiger partial charge in [-0.2, -0.15) is 0 Å². The molecule has 0 atom stereocenters. The molecule has 2 heterocycles. The molecule has 0 aliphatic heterocycles. The van der Waals surface area contributed by atoms with Crippen LogP contribution >= 0.6 is 0 Å². The van der Waals surface area contributed by atoms with Crippen LogP contribution in [0.2, 0.25) is 0 Å². The normalized spacial score (nSPS) is 11.3. The van der Waals surface area contributed by atoms with E-state index in [0.29, 0.717) is 29.6 Å². The Morgan fingerprint density at radius 3 is 2.31 bits per heavy atom. The van der Waals surface area contributed by atoms with Crippen molar-refractivity contribution in [3.8, 4) is 0 Å². The zero-order chi connectivity index (χ0) is 20.9. The number of sulfonamides is 1. The largest absolute Gasteiger partial charge is 0.367 e. The first-order valence-electron chi connectivity index (χ1n) is 8.86. The van der Waals surface area contributed by atoms with Gasteiger partial charge in [0, 0.05) is 19.3 Å². The van der Waals surface area contributed by atoms with Crippen LogP contribution in [-0.4, -0.2) is 36.7 Å². The van der Waals surface area contributed by atoms with E-state index in [1.807, 2.05) is 19.1 Å². The highest BCUT2D eigenvalue weighted by Crippen LogP contribution is 2.16. The Bertz CT molecular complexity index is 1070. The molecule has 1 aromatic carbocycles. The minimum atomic E-state index is -3.72. The van der Waals surface area contributed by atoms with Crippen LogP contribution in [0.25, 0.3) is 0 Å². The van der Waals surface area contributed by atoms with Crippen molar-refractivity contribution in [2.75, 3.05) is 23.7 Å².